The molecule has 18 heavy (non-hydrogen) atoms. The Hall–Kier alpha value is -2.24. The van der Waals surface area contributed by atoms with Crippen molar-refractivity contribution in [1.29, 1.82) is 0 Å². The van der Waals surface area contributed by atoms with E-state index in [0.717, 1.165) is 17.5 Å². The van der Waals surface area contributed by atoms with Crippen LogP contribution in [0.5, 0.6) is 0 Å². The van der Waals surface area contributed by atoms with Gasteiger partial charge in [0.15, 0.2) is 6.73 Å². The predicted molar refractivity (Wildman–Crippen MR) is 62.6 cm³/mol. The molecule has 1 fully saturated rings. The number of aromatic nitrogens is 3. The number of carbonyl (C=O) groups is 1. The summed E-state index contributed by atoms with van der Waals surface area (Å²) in [5.74, 6) is -0.258. The van der Waals surface area contributed by atoms with E-state index in [1.807, 2.05) is 0 Å². The fourth-order valence-electron chi connectivity index (χ4n) is 1.67. The first-order valence-electron chi connectivity index (χ1n) is 5.75. The van der Waals surface area contributed by atoms with E-state index in [9.17, 15) is 9.59 Å². The summed E-state index contributed by atoms with van der Waals surface area (Å²) in [7, 11) is 0. The zero-order chi connectivity index (χ0) is 12.5. The van der Waals surface area contributed by atoms with Crippen molar-refractivity contribution in [2.75, 3.05) is 0 Å². The first-order chi connectivity index (χ1) is 8.75. The molecule has 0 spiro atoms. The second kappa shape index (κ2) is 4.21. The smallest absolute Gasteiger partial charge is 0.310 e. The Bertz CT molecular complexity index is 661. The lowest BCUT2D eigenvalue weighted by Crippen LogP contribution is -2.26. The first kappa shape index (κ1) is 10.9. The number of esters is 1. The van der Waals surface area contributed by atoms with Crippen LogP contribution in [0.1, 0.15) is 12.8 Å². The summed E-state index contributed by atoms with van der Waals surface area (Å²) >= 11 is 0. The van der Waals surface area contributed by atoms with E-state index in [0.29, 0.717) is 10.9 Å². The Balaban J connectivity index is 1.85. The maximum atomic E-state index is 12.0. The minimum absolute atomic E-state index is 0.00844. The minimum atomic E-state index is -0.302. The molecule has 1 aromatic carbocycles. The van der Waals surface area contributed by atoms with Gasteiger partial charge in [-0.15, -0.1) is 5.10 Å². The molecule has 1 saturated carbocycles. The number of fused-ring (bicyclic) bond motifs is 1. The van der Waals surface area contributed by atoms with Gasteiger partial charge in [0.25, 0.3) is 5.56 Å². The average molecular weight is 245 g/mol. The third-order valence-corrected chi connectivity index (χ3v) is 2.87. The zero-order valence-corrected chi connectivity index (χ0v) is 9.57. The molecule has 6 heteroatoms. The van der Waals surface area contributed by atoms with Crippen molar-refractivity contribution >= 4 is 16.9 Å². The summed E-state index contributed by atoms with van der Waals surface area (Å²) in [5, 5.41) is 8.10. The zero-order valence-electron chi connectivity index (χ0n) is 9.57. The number of rotatable bonds is 3. The van der Waals surface area contributed by atoms with Crippen LogP contribution in [0.4, 0.5) is 0 Å². The van der Waals surface area contributed by atoms with Crippen molar-refractivity contribution in [2.45, 2.75) is 19.6 Å². The highest BCUT2D eigenvalue weighted by Gasteiger charge is 2.31. The highest BCUT2D eigenvalue weighted by atomic mass is 16.5. The monoisotopic (exact) mass is 245 g/mol. The lowest BCUT2D eigenvalue weighted by molar-refractivity contribution is -0.149. The van der Waals surface area contributed by atoms with Gasteiger partial charge in [-0.1, -0.05) is 17.3 Å². The number of hydrogen-bond donors (Lipinski definition) is 0. The molecule has 1 aliphatic carbocycles. The molecular weight excluding hydrogens is 234 g/mol. The summed E-state index contributed by atoms with van der Waals surface area (Å²) in [6.45, 7) is -0.175. The second-order valence-corrected chi connectivity index (χ2v) is 4.28. The van der Waals surface area contributed by atoms with Crippen molar-refractivity contribution in [3.8, 4) is 0 Å². The number of benzene rings is 1. The van der Waals surface area contributed by atoms with Crippen molar-refractivity contribution in [3.63, 3.8) is 0 Å². The van der Waals surface area contributed by atoms with Gasteiger partial charge in [-0.05, 0) is 25.0 Å². The van der Waals surface area contributed by atoms with Gasteiger partial charge < -0.3 is 4.74 Å². The van der Waals surface area contributed by atoms with E-state index < -0.39 is 0 Å². The van der Waals surface area contributed by atoms with E-state index in [2.05, 4.69) is 10.3 Å². The van der Waals surface area contributed by atoms with Crippen molar-refractivity contribution in [3.05, 3.63) is 34.6 Å². The lowest BCUT2D eigenvalue weighted by atomic mass is 10.2. The van der Waals surface area contributed by atoms with Crippen LogP contribution in [0.25, 0.3) is 10.9 Å². The quantitative estimate of drug-likeness (QED) is 0.744. The molecule has 0 aliphatic heterocycles. The van der Waals surface area contributed by atoms with Crippen molar-refractivity contribution in [2.24, 2.45) is 5.92 Å². The third kappa shape index (κ3) is 1.97. The fraction of sp³-hybridized carbons (Fsp3) is 0.333. The number of hydrogen-bond acceptors (Lipinski definition) is 5. The van der Waals surface area contributed by atoms with Crippen LogP contribution >= 0.6 is 0 Å². The molecule has 0 unspecified atom stereocenters. The Morgan fingerprint density at radius 1 is 1.39 bits per heavy atom. The van der Waals surface area contributed by atoms with Gasteiger partial charge in [0.2, 0.25) is 0 Å². The van der Waals surface area contributed by atoms with E-state index in [4.69, 9.17) is 4.74 Å². The molecule has 1 aromatic heterocycles. The molecule has 3 rings (SSSR count). The second-order valence-electron chi connectivity index (χ2n) is 4.28. The van der Waals surface area contributed by atoms with Crippen LogP contribution in [0.2, 0.25) is 0 Å². The molecule has 0 radical (unpaired) electrons. The fourth-order valence-corrected chi connectivity index (χ4v) is 1.67. The van der Waals surface area contributed by atoms with E-state index in [1.165, 1.54) is 0 Å². The van der Waals surface area contributed by atoms with Gasteiger partial charge in [-0.25, -0.2) is 0 Å². The van der Waals surface area contributed by atoms with E-state index in [1.54, 1.807) is 24.3 Å². The number of ether oxygens (including phenoxy) is 1. The SMILES string of the molecule is O=C(OCn1nnc2ccccc2c1=O)C1CC1. The summed E-state index contributed by atoms with van der Waals surface area (Å²) in [4.78, 5) is 23.4. The molecule has 0 N–H and O–H groups in total. The Labute approximate surface area is 102 Å². The van der Waals surface area contributed by atoms with E-state index in [-0.39, 0.29) is 24.2 Å². The van der Waals surface area contributed by atoms with Crippen LogP contribution in [0, 0.1) is 5.92 Å². The molecule has 92 valence electrons. The molecule has 6 nitrogen and oxygen atoms in total. The lowest BCUT2D eigenvalue weighted by Gasteiger charge is -2.05. The molecule has 2 aromatic rings. The summed E-state index contributed by atoms with van der Waals surface area (Å²) in [6.07, 6.45) is 1.74. The van der Waals surface area contributed by atoms with Crippen LogP contribution in [-0.4, -0.2) is 21.0 Å². The van der Waals surface area contributed by atoms with E-state index >= 15 is 0 Å². The molecule has 0 bridgehead atoms. The molecule has 0 atom stereocenters. The highest BCUT2D eigenvalue weighted by Crippen LogP contribution is 2.30. The van der Waals surface area contributed by atoms with Gasteiger partial charge >= 0.3 is 5.97 Å². The summed E-state index contributed by atoms with van der Waals surface area (Å²) < 4.78 is 6.06. The van der Waals surface area contributed by atoms with Crippen LogP contribution in [0.3, 0.4) is 0 Å². The van der Waals surface area contributed by atoms with Crippen LogP contribution in [-0.2, 0) is 16.3 Å². The Morgan fingerprint density at radius 3 is 2.94 bits per heavy atom. The van der Waals surface area contributed by atoms with Crippen molar-refractivity contribution < 1.29 is 9.53 Å². The Kier molecular flexibility index (Phi) is 2.55. The number of carbonyl (C=O) groups excluding carboxylic acids is 1. The highest BCUT2D eigenvalue weighted by molar-refractivity contribution is 5.76. The third-order valence-electron chi connectivity index (χ3n) is 2.87. The number of nitrogens with zero attached hydrogens (tertiary/aromatic N) is 3. The van der Waals surface area contributed by atoms with Gasteiger partial charge in [0, 0.05) is 0 Å². The molecule has 1 heterocycles. The molecule has 1 aliphatic rings. The standard InChI is InChI=1S/C12H11N3O3/c16-11-9-3-1-2-4-10(9)13-14-15(11)7-18-12(17)8-5-6-8/h1-4,8H,5-7H2. The first-order valence-corrected chi connectivity index (χ1v) is 5.75. The van der Waals surface area contributed by atoms with Gasteiger partial charge in [-0.2, -0.15) is 4.68 Å². The summed E-state index contributed by atoms with van der Waals surface area (Å²) in [6, 6.07) is 6.93. The normalized spacial score (nSPS) is 14.7. The van der Waals surface area contributed by atoms with Crippen LogP contribution < -0.4 is 5.56 Å². The summed E-state index contributed by atoms with van der Waals surface area (Å²) in [5.41, 5.74) is 0.233. The van der Waals surface area contributed by atoms with Gasteiger partial charge in [0.05, 0.1) is 11.3 Å². The molecule has 0 saturated heterocycles. The van der Waals surface area contributed by atoms with Gasteiger partial charge in [-0.3, -0.25) is 9.59 Å². The Morgan fingerprint density at radius 2 is 2.17 bits per heavy atom. The molecule has 0 amide bonds. The van der Waals surface area contributed by atoms with Crippen molar-refractivity contribution in [1.82, 2.24) is 15.0 Å². The average Bonchev–Trinajstić information content (AvgIpc) is 3.22. The van der Waals surface area contributed by atoms with Crippen LogP contribution in [0.15, 0.2) is 29.1 Å². The maximum Gasteiger partial charge on any atom is 0.310 e. The van der Waals surface area contributed by atoms with Gasteiger partial charge in [0.1, 0.15) is 5.52 Å². The maximum absolute atomic E-state index is 12.0. The minimum Gasteiger partial charge on any atom is -0.442 e. The molecular formula is C12H11N3O3. The topological polar surface area (TPSA) is 74.1 Å². The predicted octanol–water partition coefficient (Wildman–Crippen LogP) is 0.702. The largest absolute Gasteiger partial charge is 0.442 e.